The molecule has 3 aromatic carbocycles. The Bertz CT molecular complexity index is 2050. The molecule has 6 rings (SSSR count). The van der Waals surface area contributed by atoms with Crippen LogP contribution in [0.25, 0.3) is 0 Å². The third-order valence-electron chi connectivity index (χ3n) is 12.6. The lowest BCUT2D eigenvalue weighted by molar-refractivity contribution is -0.139. The van der Waals surface area contributed by atoms with Gasteiger partial charge in [-0.05, 0) is 110 Å². The number of nitrogens with zero attached hydrogens (tertiary/aromatic N) is 3. The molecule has 0 saturated carbocycles. The fraction of sp³-hybridized carbons (Fsp3) is 0.521. The molecule has 0 bridgehead atoms. The Kier molecular flexibility index (Phi) is 16.3. The number of amides is 5. The fourth-order valence-electron chi connectivity index (χ4n) is 9.10. The maximum Gasteiger partial charge on any atom is 0.407 e. The molecule has 6 atom stereocenters. The zero-order valence-electron chi connectivity index (χ0n) is 38.1. The monoisotopic (exact) mass is 883 g/mol. The summed E-state index contributed by atoms with van der Waals surface area (Å²) in [6.45, 7) is 9.20. The zero-order chi connectivity index (χ0) is 45.9. The van der Waals surface area contributed by atoms with E-state index in [-0.39, 0.29) is 54.4 Å². The molecule has 0 radical (unpaired) electrons. The quantitative estimate of drug-likeness (QED) is 0.0824. The van der Waals surface area contributed by atoms with Crippen molar-refractivity contribution in [3.63, 3.8) is 0 Å². The number of ether oxygens (including phenoxy) is 4. The Labute approximate surface area is 376 Å². The minimum atomic E-state index is -0.804. The summed E-state index contributed by atoms with van der Waals surface area (Å²) < 4.78 is 21.0. The van der Waals surface area contributed by atoms with Crippen molar-refractivity contribution < 1.29 is 42.9 Å². The summed E-state index contributed by atoms with van der Waals surface area (Å²) in [5.41, 5.74) is 4.90. The number of carbonyl (C=O) groups is 5. The van der Waals surface area contributed by atoms with Crippen LogP contribution in [0.3, 0.4) is 0 Å². The molecule has 3 aliphatic rings. The van der Waals surface area contributed by atoms with E-state index in [0.29, 0.717) is 38.2 Å². The van der Waals surface area contributed by atoms with Gasteiger partial charge in [0.1, 0.15) is 30.6 Å². The molecule has 5 amide bonds. The average Bonchev–Trinajstić information content (AvgIpc) is 4.10. The minimum absolute atomic E-state index is 0.0571. The largest absolute Gasteiger partial charge is 0.497 e. The van der Waals surface area contributed by atoms with Gasteiger partial charge in [-0.25, -0.2) is 9.59 Å². The lowest BCUT2D eigenvalue weighted by Gasteiger charge is -2.33. The van der Waals surface area contributed by atoms with Gasteiger partial charge >= 0.3 is 12.2 Å². The summed E-state index contributed by atoms with van der Waals surface area (Å²) in [6.07, 6.45) is 3.45. The van der Waals surface area contributed by atoms with Crippen LogP contribution in [0, 0.1) is 11.8 Å². The highest BCUT2D eigenvalue weighted by atomic mass is 16.5. The van der Waals surface area contributed by atoms with Crippen LogP contribution in [-0.2, 0) is 28.6 Å². The van der Waals surface area contributed by atoms with Gasteiger partial charge in [0.05, 0.1) is 46.1 Å². The number of anilines is 3. The highest BCUT2D eigenvalue weighted by Gasteiger charge is 2.40. The molecule has 346 valence electrons. The molecular formula is C48H65N7O9. The molecule has 3 fully saturated rings. The standard InChI is InChI=1S/C48H65N7O9/c1-30(2)42(51-47(59)62-6)45(57)53-26-8-10-37(53)28-64-29-49-34-16-12-32(13-17-34)39-24-25-40(55(39)36-20-22-38(61-5)23-21-36)33-14-18-35(19-15-33)50-44(56)41-11-9-27-54(41)46(58)43(31(3)4)52-48(60)63-7/h12-23,30-31,37,39-43,49H,8-11,24-29H2,1-7H3,(H,50,56)(H,51,59)(H,52,60)/t37-,39+,40+,41-,42-,43-/m0/s1. The molecule has 16 nitrogen and oxygen atoms in total. The molecule has 3 saturated heterocycles. The van der Waals surface area contributed by atoms with Crippen LogP contribution >= 0.6 is 0 Å². The van der Waals surface area contributed by atoms with Gasteiger partial charge in [0.15, 0.2) is 0 Å². The van der Waals surface area contributed by atoms with Crippen molar-refractivity contribution in [1.82, 2.24) is 20.4 Å². The van der Waals surface area contributed by atoms with E-state index in [2.05, 4.69) is 74.7 Å². The van der Waals surface area contributed by atoms with Gasteiger partial charge in [0.2, 0.25) is 17.7 Å². The van der Waals surface area contributed by atoms with E-state index in [1.807, 2.05) is 56.9 Å². The van der Waals surface area contributed by atoms with Crippen molar-refractivity contribution in [2.24, 2.45) is 11.8 Å². The van der Waals surface area contributed by atoms with E-state index in [1.165, 1.54) is 19.8 Å². The normalized spacial score (nSPS) is 20.5. The van der Waals surface area contributed by atoms with Crippen molar-refractivity contribution in [2.45, 2.75) is 102 Å². The first-order chi connectivity index (χ1) is 30.8. The van der Waals surface area contributed by atoms with Gasteiger partial charge < -0.3 is 54.9 Å². The summed E-state index contributed by atoms with van der Waals surface area (Å²) in [5, 5.41) is 11.7. The van der Waals surface area contributed by atoms with Crippen LogP contribution in [0.4, 0.5) is 26.7 Å². The number of hydrogen-bond acceptors (Lipinski definition) is 11. The molecule has 0 unspecified atom stereocenters. The van der Waals surface area contributed by atoms with E-state index in [1.54, 1.807) is 12.0 Å². The Hall–Kier alpha value is -6.03. The molecule has 16 heteroatoms. The van der Waals surface area contributed by atoms with Gasteiger partial charge in [-0.3, -0.25) is 14.4 Å². The third kappa shape index (κ3) is 11.4. The van der Waals surface area contributed by atoms with Crippen molar-refractivity contribution in [3.05, 3.63) is 83.9 Å². The second-order valence-corrected chi connectivity index (χ2v) is 17.4. The first-order valence-corrected chi connectivity index (χ1v) is 22.4. The number of methoxy groups -OCH3 is 3. The van der Waals surface area contributed by atoms with Crippen LogP contribution in [0.5, 0.6) is 5.75 Å². The SMILES string of the molecule is COC(=O)N[C@H](C(=O)N1CCC[C@H]1COCNc1ccc([C@H]2CC[C@H](c3ccc(NC(=O)[C@@H]4CCCN4C(=O)[C@@H](NC(=O)OC)C(C)C)cc3)N2c2ccc(OC)cc2)cc1)C(C)C. The first kappa shape index (κ1) is 47.4. The third-order valence-corrected chi connectivity index (χ3v) is 12.6. The summed E-state index contributed by atoms with van der Waals surface area (Å²) in [7, 11) is 4.20. The van der Waals surface area contributed by atoms with E-state index < -0.39 is 30.3 Å². The van der Waals surface area contributed by atoms with Crippen molar-refractivity contribution >= 4 is 47.0 Å². The summed E-state index contributed by atoms with van der Waals surface area (Å²) in [4.78, 5) is 70.3. The van der Waals surface area contributed by atoms with Gasteiger partial charge in [-0.15, -0.1) is 0 Å². The number of likely N-dealkylation sites (tertiary alicyclic amines) is 2. The molecule has 4 N–H and O–H groups in total. The van der Waals surface area contributed by atoms with E-state index in [0.717, 1.165) is 48.4 Å². The molecule has 64 heavy (non-hydrogen) atoms. The molecule has 3 aromatic rings. The van der Waals surface area contributed by atoms with Crippen LogP contribution in [0.15, 0.2) is 72.8 Å². The predicted molar refractivity (Wildman–Crippen MR) is 244 cm³/mol. The molecule has 3 heterocycles. The number of benzene rings is 3. The van der Waals surface area contributed by atoms with Crippen LogP contribution in [0.2, 0.25) is 0 Å². The second kappa shape index (κ2) is 22.0. The van der Waals surface area contributed by atoms with Crippen molar-refractivity contribution in [1.29, 1.82) is 0 Å². The van der Waals surface area contributed by atoms with Crippen LogP contribution in [-0.4, -0.2) is 112 Å². The zero-order valence-corrected chi connectivity index (χ0v) is 38.1. The highest BCUT2D eigenvalue weighted by molar-refractivity contribution is 5.98. The topological polar surface area (TPSA) is 180 Å². The van der Waals surface area contributed by atoms with Crippen LogP contribution < -0.4 is 30.9 Å². The van der Waals surface area contributed by atoms with E-state index in [9.17, 15) is 24.0 Å². The number of alkyl carbamates (subject to hydrolysis) is 2. The highest BCUT2D eigenvalue weighted by Crippen LogP contribution is 2.47. The molecule has 0 aromatic heterocycles. The first-order valence-electron chi connectivity index (χ1n) is 22.4. The van der Waals surface area contributed by atoms with Gasteiger partial charge in [0, 0.05) is 30.2 Å². The molecule has 0 aliphatic carbocycles. The lowest BCUT2D eigenvalue weighted by Crippen LogP contribution is -2.54. The Morgan fingerprint density at radius 3 is 1.69 bits per heavy atom. The number of nitrogens with one attached hydrogen (secondary N) is 4. The summed E-state index contributed by atoms with van der Waals surface area (Å²) in [6, 6.07) is 22.4. The van der Waals surface area contributed by atoms with Crippen LogP contribution in [0.1, 0.15) is 89.4 Å². The molecule has 0 spiro atoms. The summed E-state index contributed by atoms with van der Waals surface area (Å²) in [5.74, 6) is -0.188. The maximum absolute atomic E-state index is 13.6. The smallest absolute Gasteiger partial charge is 0.407 e. The number of carbonyl (C=O) groups excluding carboxylic acids is 5. The van der Waals surface area contributed by atoms with E-state index >= 15 is 0 Å². The lowest BCUT2D eigenvalue weighted by atomic mass is 10.0. The Morgan fingerprint density at radius 2 is 1.16 bits per heavy atom. The Balaban J connectivity index is 1.08. The minimum Gasteiger partial charge on any atom is -0.497 e. The summed E-state index contributed by atoms with van der Waals surface area (Å²) >= 11 is 0. The average molecular weight is 884 g/mol. The van der Waals surface area contributed by atoms with E-state index in [4.69, 9.17) is 18.9 Å². The predicted octanol–water partition coefficient (Wildman–Crippen LogP) is 6.85. The van der Waals surface area contributed by atoms with Gasteiger partial charge in [0.25, 0.3) is 0 Å². The Morgan fingerprint density at radius 1 is 0.641 bits per heavy atom. The second-order valence-electron chi connectivity index (χ2n) is 17.4. The maximum atomic E-state index is 13.6. The van der Waals surface area contributed by atoms with Gasteiger partial charge in [-0.1, -0.05) is 52.0 Å². The fourth-order valence-corrected chi connectivity index (χ4v) is 9.10. The van der Waals surface area contributed by atoms with Crippen molar-refractivity contribution in [3.8, 4) is 5.75 Å². The molecule has 3 aliphatic heterocycles. The van der Waals surface area contributed by atoms with Gasteiger partial charge in [-0.2, -0.15) is 0 Å². The van der Waals surface area contributed by atoms with Crippen molar-refractivity contribution in [2.75, 3.05) is 63.3 Å². The number of hydrogen-bond donors (Lipinski definition) is 4. The number of rotatable bonds is 17. The molecular weight excluding hydrogens is 819 g/mol.